The smallest absolute Gasteiger partial charge is 0.501 e. The molecule has 1 N–H and O–H groups in total. The highest BCUT2D eigenvalue weighted by atomic mass is 16.5. The highest BCUT2D eigenvalue weighted by Crippen LogP contribution is 2.25. The highest BCUT2D eigenvalue weighted by molar-refractivity contribution is 5.98. The van der Waals surface area contributed by atoms with Crippen LogP contribution in [0.1, 0.15) is 25.0 Å². The van der Waals surface area contributed by atoms with E-state index in [4.69, 9.17) is 10.1 Å². The van der Waals surface area contributed by atoms with Crippen LogP contribution < -0.4 is 0 Å². The van der Waals surface area contributed by atoms with Gasteiger partial charge in [-0.3, -0.25) is 0 Å². The molecule has 0 amide bonds. The SMILES string of the molecule is C=C(C)c1ccccc1/C(O)=C(\[N+]#N)C(=O)OCC. The van der Waals surface area contributed by atoms with Gasteiger partial charge in [-0.2, -0.15) is 0 Å². The highest BCUT2D eigenvalue weighted by Gasteiger charge is 2.32. The van der Waals surface area contributed by atoms with E-state index in [1.807, 2.05) is 0 Å². The Kier molecular flexibility index (Phi) is 4.84. The molecule has 0 atom stereocenters. The average molecular weight is 259 g/mol. The Morgan fingerprint density at radius 3 is 2.47 bits per heavy atom. The van der Waals surface area contributed by atoms with Crippen LogP contribution in [0.25, 0.3) is 16.3 Å². The first-order chi connectivity index (χ1) is 9.02. The lowest BCUT2D eigenvalue weighted by molar-refractivity contribution is -0.138. The van der Waals surface area contributed by atoms with Gasteiger partial charge in [0.25, 0.3) is 0 Å². The largest absolute Gasteiger partial charge is 0.510 e. The maximum absolute atomic E-state index is 11.6. The molecule has 0 aliphatic heterocycles. The molecule has 0 radical (unpaired) electrons. The third-order valence-corrected chi connectivity index (χ3v) is 2.44. The Morgan fingerprint density at radius 2 is 2.00 bits per heavy atom. The Morgan fingerprint density at radius 1 is 1.42 bits per heavy atom. The van der Waals surface area contributed by atoms with Crippen LogP contribution >= 0.6 is 0 Å². The van der Waals surface area contributed by atoms with Gasteiger partial charge < -0.3 is 9.84 Å². The zero-order valence-corrected chi connectivity index (χ0v) is 10.9. The quantitative estimate of drug-likeness (QED) is 0.389. The second-order valence-corrected chi connectivity index (χ2v) is 3.84. The van der Waals surface area contributed by atoms with Gasteiger partial charge >= 0.3 is 11.7 Å². The number of esters is 1. The van der Waals surface area contributed by atoms with Crippen molar-refractivity contribution in [2.24, 2.45) is 0 Å². The summed E-state index contributed by atoms with van der Waals surface area (Å²) in [7, 11) is 0. The third-order valence-electron chi connectivity index (χ3n) is 2.44. The molecule has 98 valence electrons. The van der Waals surface area contributed by atoms with E-state index in [9.17, 15) is 9.90 Å². The molecular formula is C14H15N2O3+. The molecule has 0 heterocycles. The number of aliphatic hydroxyl groups excluding tert-OH is 1. The van der Waals surface area contributed by atoms with Gasteiger partial charge in [-0.25, -0.2) is 4.79 Å². The Bertz CT molecular complexity index is 583. The molecular weight excluding hydrogens is 244 g/mol. The normalized spacial score (nSPS) is 11.2. The first-order valence-electron chi connectivity index (χ1n) is 5.73. The van der Waals surface area contributed by atoms with Crippen molar-refractivity contribution in [1.29, 1.82) is 5.39 Å². The second-order valence-electron chi connectivity index (χ2n) is 3.84. The molecule has 0 aromatic heterocycles. The lowest BCUT2D eigenvalue weighted by atomic mass is 10.00. The van der Waals surface area contributed by atoms with E-state index >= 15 is 0 Å². The molecule has 0 unspecified atom stereocenters. The predicted octanol–water partition coefficient (Wildman–Crippen LogP) is 3.36. The molecule has 0 bridgehead atoms. The minimum atomic E-state index is -0.890. The number of ether oxygens (including phenoxy) is 1. The van der Waals surface area contributed by atoms with Gasteiger partial charge in [-0.05, 0) is 19.4 Å². The number of hydrogen-bond acceptors (Lipinski definition) is 4. The van der Waals surface area contributed by atoms with Crippen molar-refractivity contribution in [1.82, 2.24) is 0 Å². The standard InChI is InChI=1S/C14H14N2O3/c1-4-19-14(18)12(16-15)13(17)11-8-6-5-7-10(11)9(2)3/h5-8H,2,4H2,1,3H3/p+1. The maximum atomic E-state index is 11.6. The van der Waals surface area contributed by atoms with Crippen molar-refractivity contribution in [3.63, 3.8) is 0 Å². The number of carbonyl (C=O) groups excluding carboxylic acids is 1. The Labute approximate surface area is 111 Å². The van der Waals surface area contributed by atoms with E-state index in [2.05, 4.69) is 11.6 Å². The molecule has 0 saturated carbocycles. The predicted molar refractivity (Wildman–Crippen MR) is 72.4 cm³/mol. The molecule has 0 aliphatic rings. The number of carbonyl (C=O) groups is 1. The summed E-state index contributed by atoms with van der Waals surface area (Å²) in [6.07, 6.45) is 0. The van der Waals surface area contributed by atoms with Gasteiger partial charge in [0.1, 0.15) is 0 Å². The summed E-state index contributed by atoms with van der Waals surface area (Å²) >= 11 is 0. The first kappa shape index (κ1) is 14.5. The zero-order chi connectivity index (χ0) is 14.4. The molecule has 5 heteroatoms. The van der Waals surface area contributed by atoms with Crippen molar-refractivity contribution in [3.05, 3.63) is 52.6 Å². The minimum absolute atomic E-state index is 0.118. The van der Waals surface area contributed by atoms with Crippen LogP contribution in [0.2, 0.25) is 0 Å². The van der Waals surface area contributed by atoms with E-state index < -0.39 is 17.4 Å². The molecule has 0 saturated heterocycles. The summed E-state index contributed by atoms with van der Waals surface area (Å²) in [4.78, 5) is 14.4. The third kappa shape index (κ3) is 3.19. The van der Waals surface area contributed by atoms with E-state index in [1.165, 1.54) is 0 Å². The van der Waals surface area contributed by atoms with Crippen molar-refractivity contribution in [2.45, 2.75) is 13.8 Å². The Balaban J connectivity index is 3.39. The van der Waals surface area contributed by atoms with Crippen LogP contribution in [0.3, 0.4) is 0 Å². The van der Waals surface area contributed by atoms with Gasteiger partial charge in [0.2, 0.25) is 11.2 Å². The number of rotatable bonds is 4. The van der Waals surface area contributed by atoms with Crippen molar-refractivity contribution >= 4 is 17.3 Å². The van der Waals surface area contributed by atoms with Crippen LogP contribution in [0.15, 0.2) is 36.5 Å². The fourth-order valence-corrected chi connectivity index (χ4v) is 1.57. The van der Waals surface area contributed by atoms with Gasteiger partial charge in [0.05, 0.1) is 6.61 Å². The minimum Gasteiger partial charge on any atom is -0.501 e. The maximum Gasteiger partial charge on any atom is 0.510 e. The van der Waals surface area contributed by atoms with Crippen LogP contribution in [0, 0.1) is 5.39 Å². The van der Waals surface area contributed by atoms with E-state index in [0.717, 1.165) is 0 Å². The van der Waals surface area contributed by atoms with Crippen LogP contribution in [-0.2, 0) is 9.53 Å². The summed E-state index contributed by atoms with van der Waals surface area (Å²) in [6, 6.07) is 6.82. The van der Waals surface area contributed by atoms with E-state index in [1.54, 1.807) is 38.1 Å². The fraction of sp³-hybridized carbons (Fsp3) is 0.214. The number of nitrogens with zero attached hydrogens (tertiary/aromatic N) is 2. The number of diazo groups is 1. The molecule has 5 nitrogen and oxygen atoms in total. The summed E-state index contributed by atoms with van der Waals surface area (Å²) in [5.74, 6) is -1.33. The molecule has 1 aromatic rings. The average Bonchev–Trinajstić information content (AvgIpc) is 2.39. The summed E-state index contributed by atoms with van der Waals surface area (Å²) in [6.45, 7) is 7.30. The number of hydrogen-bond donors (Lipinski definition) is 1. The zero-order valence-electron chi connectivity index (χ0n) is 10.9. The Hall–Kier alpha value is -2.61. The summed E-state index contributed by atoms with van der Waals surface area (Å²) < 4.78 is 4.70. The molecule has 0 spiro atoms. The summed E-state index contributed by atoms with van der Waals surface area (Å²) in [5, 5.41) is 19.0. The lowest BCUT2D eigenvalue weighted by Gasteiger charge is -2.06. The summed E-state index contributed by atoms with van der Waals surface area (Å²) in [5.41, 5.74) is 1.19. The molecule has 0 fully saturated rings. The van der Waals surface area contributed by atoms with Gasteiger partial charge in [0.15, 0.2) is 4.98 Å². The number of benzene rings is 1. The number of allylic oxidation sites excluding steroid dienone is 1. The lowest BCUT2D eigenvalue weighted by Crippen LogP contribution is -2.08. The molecule has 0 aliphatic carbocycles. The second kappa shape index (κ2) is 6.36. The van der Waals surface area contributed by atoms with Crippen LogP contribution in [0.4, 0.5) is 0 Å². The monoisotopic (exact) mass is 259 g/mol. The molecule has 1 rings (SSSR count). The van der Waals surface area contributed by atoms with Crippen LogP contribution in [-0.4, -0.2) is 17.7 Å². The van der Waals surface area contributed by atoms with Gasteiger partial charge in [-0.1, -0.05) is 36.4 Å². The van der Waals surface area contributed by atoms with E-state index in [-0.39, 0.29) is 6.61 Å². The van der Waals surface area contributed by atoms with Crippen molar-refractivity contribution < 1.29 is 14.6 Å². The number of aliphatic hydroxyl groups is 1. The van der Waals surface area contributed by atoms with E-state index in [0.29, 0.717) is 16.7 Å². The van der Waals surface area contributed by atoms with Crippen molar-refractivity contribution in [2.75, 3.05) is 6.61 Å². The van der Waals surface area contributed by atoms with Gasteiger partial charge in [-0.15, -0.1) is 0 Å². The topological polar surface area (TPSA) is 74.7 Å². The van der Waals surface area contributed by atoms with Crippen molar-refractivity contribution in [3.8, 4) is 0 Å². The molecule has 19 heavy (non-hydrogen) atoms. The fourth-order valence-electron chi connectivity index (χ4n) is 1.57. The van der Waals surface area contributed by atoms with Crippen LogP contribution in [0.5, 0.6) is 0 Å². The van der Waals surface area contributed by atoms with Gasteiger partial charge in [0, 0.05) is 5.56 Å². The molecule has 1 aromatic carbocycles. The first-order valence-corrected chi connectivity index (χ1v) is 5.73.